The van der Waals surface area contributed by atoms with Crippen molar-refractivity contribution in [2.24, 2.45) is 0 Å². The van der Waals surface area contributed by atoms with Gasteiger partial charge in [0.05, 0.1) is 0 Å². The van der Waals surface area contributed by atoms with Crippen LogP contribution in [-0.2, 0) is 21.1 Å². The van der Waals surface area contributed by atoms with Crippen LogP contribution >= 0.6 is 11.3 Å². The summed E-state index contributed by atoms with van der Waals surface area (Å²) in [6.07, 6.45) is 3.73. The SMILES string of the molecule is [Pt+2].[c-]1ccccc1-c1cccc(Oc2cccc(-c3[c-]ccc4c3sc3cnccc34)n2)n1. The van der Waals surface area contributed by atoms with E-state index < -0.39 is 0 Å². The maximum absolute atomic E-state index is 6.02. The molecule has 6 rings (SSSR count). The van der Waals surface area contributed by atoms with Gasteiger partial charge in [-0.05, 0) is 39.7 Å². The summed E-state index contributed by atoms with van der Waals surface area (Å²) < 4.78 is 8.30. The smallest absolute Gasteiger partial charge is 0.422 e. The third-order valence-corrected chi connectivity index (χ3v) is 6.31. The summed E-state index contributed by atoms with van der Waals surface area (Å²) in [6.45, 7) is 0. The Morgan fingerprint density at radius 2 is 1.55 bits per heavy atom. The molecule has 4 aromatic heterocycles. The average molecular weight is 625 g/mol. The van der Waals surface area contributed by atoms with Crippen molar-refractivity contribution in [2.45, 2.75) is 0 Å². The second-order valence-electron chi connectivity index (χ2n) is 7.17. The molecule has 0 aliphatic carbocycles. The fourth-order valence-corrected chi connectivity index (χ4v) is 4.85. The third-order valence-electron chi connectivity index (χ3n) is 5.13. The molecular formula is C27H15N3OPtS. The Morgan fingerprint density at radius 1 is 0.727 bits per heavy atom. The van der Waals surface area contributed by atoms with Gasteiger partial charge < -0.3 is 4.74 Å². The van der Waals surface area contributed by atoms with Gasteiger partial charge in [-0.15, -0.1) is 59.7 Å². The maximum Gasteiger partial charge on any atom is 2.00 e. The van der Waals surface area contributed by atoms with Crippen molar-refractivity contribution in [3.05, 3.63) is 103 Å². The molecule has 4 nitrogen and oxygen atoms in total. The van der Waals surface area contributed by atoms with E-state index in [9.17, 15) is 0 Å². The molecule has 0 fully saturated rings. The topological polar surface area (TPSA) is 47.9 Å². The van der Waals surface area contributed by atoms with Crippen molar-refractivity contribution in [1.82, 2.24) is 15.0 Å². The number of nitrogens with zero attached hydrogens (tertiary/aromatic N) is 3. The second kappa shape index (κ2) is 9.22. The van der Waals surface area contributed by atoms with E-state index in [0.29, 0.717) is 11.8 Å². The number of pyridine rings is 3. The second-order valence-corrected chi connectivity index (χ2v) is 8.22. The maximum atomic E-state index is 6.02. The summed E-state index contributed by atoms with van der Waals surface area (Å²) >= 11 is 1.70. The minimum absolute atomic E-state index is 0. The first-order valence-electron chi connectivity index (χ1n) is 10.1. The van der Waals surface area contributed by atoms with Crippen molar-refractivity contribution in [3.8, 4) is 34.3 Å². The van der Waals surface area contributed by atoms with Gasteiger partial charge in [0.15, 0.2) is 0 Å². The summed E-state index contributed by atoms with van der Waals surface area (Å²) in [6, 6.07) is 31.8. The van der Waals surface area contributed by atoms with Crippen LogP contribution in [0.5, 0.6) is 11.8 Å². The minimum atomic E-state index is 0. The number of aromatic nitrogens is 3. The van der Waals surface area contributed by atoms with Gasteiger partial charge in [-0.25, -0.2) is 0 Å². The quantitative estimate of drug-likeness (QED) is 0.199. The number of benzene rings is 2. The molecule has 0 aliphatic heterocycles. The zero-order valence-corrected chi connectivity index (χ0v) is 20.2. The Morgan fingerprint density at radius 3 is 2.36 bits per heavy atom. The molecule has 0 atom stereocenters. The van der Waals surface area contributed by atoms with E-state index in [1.165, 1.54) is 10.8 Å². The monoisotopic (exact) mass is 624 g/mol. The van der Waals surface area contributed by atoms with Crippen molar-refractivity contribution in [2.75, 3.05) is 0 Å². The Bertz CT molecular complexity index is 1570. The molecule has 6 heteroatoms. The predicted molar refractivity (Wildman–Crippen MR) is 128 cm³/mol. The van der Waals surface area contributed by atoms with E-state index in [1.807, 2.05) is 85.2 Å². The van der Waals surface area contributed by atoms with Crippen molar-refractivity contribution >= 4 is 31.5 Å². The van der Waals surface area contributed by atoms with Gasteiger partial charge >= 0.3 is 21.1 Å². The van der Waals surface area contributed by atoms with Crippen LogP contribution in [0.3, 0.4) is 0 Å². The third kappa shape index (κ3) is 4.18. The van der Waals surface area contributed by atoms with E-state index >= 15 is 0 Å². The van der Waals surface area contributed by atoms with E-state index in [-0.39, 0.29) is 21.1 Å². The predicted octanol–water partition coefficient (Wildman–Crippen LogP) is 6.96. The van der Waals surface area contributed by atoms with E-state index in [0.717, 1.165) is 31.9 Å². The number of ether oxygens (including phenoxy) is 1. The molecule has 0 N–H and O–H groups in total. The van der Waals surface area contributed by atoms with Crippen LogP contribution in [0.4, 0.5) is 0 Å². The minimum Gasteiger partial charge on any atom is -0.422 e. The first kappa shape index (κ1) is 21.4. The molecule has 0 radical (unpaired) electrons. The summed E-state index contributed by atoms with van der Waals surface area (Å²) in [5, 5.41) is 2.38. The molecule has 2 aromatic carbocycles. The normalized spacial score (nSPS) is 10.8. The van der Waals surface area contributed by atoms with Gasteiger partial charge in [-0.1, -0.05) is 29.7 Å². The van der Waals surface area contributed by atoms with Crippen LogP contribution in [0.2, 0.25) is 0 Å². The molecule has 0 amide bonds. The van der Waals surface area contributed by atoms with Crippen molar-refractivity contribution in [3.63, 3.8) is 0 Å². The Balaban J connectivity index is 0.00000228. The standard InChI is InChI=1S/C27H15N3OS.Pt/c1-2-7-18(8-3-1)22-11-5-13-25(29-22)31-26-14-6-12-23(30-26)21-10-4-9-20-19-15-16-28-17-24(19)32-27(20)21;/h1-7,9,11-17H;/q-2;+2. The molecule has 160 valence electrons. The summed E-state index contributed by atoms with van der Waals surface area (Å²) in [7, 11) is 0. The van der Waals surface area contributed by atoms with Gasteiger partial charge in [-0.3, -0.25) is 15.0 Å². The number of hydrogen-bond donors (Lipinski definition) is 0. The number of thiophene rings is 1. The molecule has 0 unspecified atom stereocenters. The van der Waals surface area contributed by atoms with Crippen LogP contribution in [0, 0.1) is 12.1 Å². The first-order valence-corrected chi connectivity index (χ1v) is 10.9. The average Bonchev–Trinajstić information content (AvgIpc) is 3.24. The fraction of sp³-hybridized carbons (Fsp3) is 0. The summed E-state index contributed by atoms with van der Waals surface area (Å²) in [5.41, 5.74) is 3.48. The van der Waals surface area contributed by atoms with Gasteiger partial charge in [0.25, 0.3) is 0 Å². The van der Waals surface area contributed by atoms with Gasteiger partial charge in [0.1, 0.15) is 0 Å². The zero-order valence-electron chi connectivity index (χ0n) is 17.1. The number of hydrogen-bond acceptors (Lipinski definition) is 5. The molecule has 33 heavy (non-hydrogen) atoms. The van der Waals surface area contributed by atoms with Gasteiger partial charge in [0.2, 0.25) is 11.8 Å². The van der Waals surface area contributed by atoms with E-state index in [2.05, 4.69) is 28.2 Å². The van der Waals surface area contributed by atoms with Crippen LogP contribution in [0.15, 0.2) is 91.3 Å². The summed E-state index contributed by atoms with van der Waals surface area (Å²) in [4.78, 5) is 13.6. The number of rotatable bonds is 4. The van der Waals surface area contributed by atoms with Crippen LogP contribution in [-0.4, -0.2) is 15.0 Å². The molecule has 0 saturated heterocycles. The van der Waals surface area contributed by atoms with E-state index in [4.69, 9.17) is 9.72 Å². The Labute approximate surface area is 209 Å². The molecular weight excluding hydrogens is 609 g/mol. The van der Waals surface area contributed by atoms with Crippen LogP contribution < -0.4 is 4.74 Å². The van der Waals surface area contributed by atoms with Gasteiger partial charge in [-0.2, -0.15) is 11.3 Å². The molecule has 4 heterocycles. The zero-order chi connectivity index (χ0) is 21.3. The number of fused-ring (bicyclic) bond motifs is 3. The molecule has 0 bridgehead atoms. The Kier molecular flexibility index (Phi) is 5.99. The van der Waals surface area contributed by atoms with Crippen LogP contribution in [0.25, 0.3) is 42.7 Å². The molecule has 0 spiro atoms. The van der Waals surface area contributed by atoms with E-state index in [1.54, 1.807) is 11.3 Å². The first-order chi connectivity index (χ1) is 15.8. The molecule has 0 aliphatic rings. The summed E-state index contributed by atoms with van der Waals surface area (Å²) in [5.74, 6) is 0.969. The van der Waals surface area contributed by atoms with Crippen molar-refractivity contribution in [1.29, 1.82) is 0 Å². The molecule has 6 aromatic rings. The molecule has 0 saturated carbocycles. The van der Waals surface area contributed by atoms with Gasteiger partial charge in [0, 0.05) is 17.1 Å². The Hall–Kier alpha value is -3.40. The van der Waals surface area contributed by atoms with Crippen LogP contribution in [0.1, 0.15) is 0 Å². The fourth-order valence-electron chi connectivity index (χ4n) is 3.68. The largest absolute Gasteiger partial charge is 2.00 e. The van der Waals surface area contributed by atoms with Crippen molar-refractivity contribution < 1.29 is 25.8 Å².